The van der Waals surface area contributed by atoms with Crippen molar-refractivity contribution in [2.75, 3.05) is 0 Å². The Hall–Kier alpha value is -0.700. The molecule has 1 aromatic rings. The molecule has 78 valence electrons. The number of benzene rings is 1. The second kappa shape index (κ2) is 5.25. The minimum Gasteiger partial charge on any atom is -0.254 e. The Morgan fingerprint density at radius 2 is 2.07 bits per heavy atom. The minimum absolute atomic E-state index is 0.0249. The Labute approximate surface area is 86.8 Å². The summed E-state index contributed by atoms with van der Waals surface area (Å²) in [5.41, 5.74) is 0. The molecule has 2 atom stereocenters. The van der Waals surface area contributed by atoms with Gasteiger partial charge in [-0.2, -0.15) is 0 Å². The summed E-state index contributed by atoms with van der Waals surface area (Å²) in [5.74, 6) is -0.367. The molecule has 0 amide bonds. The van der Waals surface area contributed by atoms with Gasteiger partial charge in [-0.3, -0.25) is 4.21 Å². The summed E-state index contributed by atoms with van der Waals surface area (Å²) in [5, 5.41) is 0.0249. The van der Waals surface area contributed by atoms with Crippen molar-refractivity contribution >= 4 is 10.8 Å². The van der Waals surface area contributed by atoms with Crippen LogP contribution in [-0.2, 0) is 10.8 Å². The Morgan fingerprint density at radius 3 is 2.64 bits per heavy atom. The van der Waals surface area contributed by atoms with Crippen LogP contribution in [-0.4, -0.2) is 9.46 Å². The van der Waals surface area contributed by atoms with Crippen LogP contribution in [0.1, 0.15) is 26.7 Å². The first-order valence-corrected chi connectivity index (χ1v) is 6.03. The van der Waals surface area contributed by atoms with Crippen molar-refractivity contribution in [2.45, 2.75) is 36.8 Å². The Balaban J connectivity index is 2.84. The summed E-state index contributed by atoms with van der Waals surface area (Å²) in [6, 6.07) is 6.28. The predicted molar refractivity (Wildman–Crippen MR) is 57.2 cm³/mol. The molecule has 14 heavy (non-hydrogen) atoms. The molecule has 0 aliphatic rings. The van der Waals surface area contributed by atoms with E-state index in [1.165, 1.54) is 6.07 Å². The minimum atomic E-state index is -1.21. The average Bonchev–Trinajstić information content (AvgIpc) is 2.18. The zero-order chi connectivity index (χ0) is 10.6. The van der Waals surface area contributed by atoms with E-state index in [0.29, 0.717) is 4.90 Å². The van der Waals surface area contributed by atoms with Crippen LogP contribution in [0, 0.1) is 5.82 Å². The quantitative estimate of drug-likeness (QED) is 0.752. The van der Waals surface area contributed by atoms with Crippen molar-refractivity contribution in [3.05, 3.63) is 30.1 Å². The second-order valence-corrected chi connectivity index (χ2v) is 5.17. The van der Waals surface area contributed by atoms with E-state index in [-0.39, 0.29) is 11.1 Å². The highest BCUT2D eigenvalue weighted by atomic mass is 32.2. The van der Waals surface area contributed by atoms with E-state index in [4.69, 9.17) is 0 Å². The monoisotopic (exact) mass is 214 g/mol. The summed E-state index contributed by atoms with van der Waals surface area (Å²) in [4.78, 5) is 0.327. The lowest BCUT2D eigenvalue weighted by Crippen LogP contribution is -2.11. The molecule has 0 N–H and O–H groups in total. The van der Waals surface area contributed by atoms with Crippen molar-refractivity contribution in [1.82, 2.24) is 0 Å². The molecule has 1 aromatic carbocycles. The smallest absolute Gasteiger partial charge is 0.139 e. The molecule has 0 aliphatic carbocycles. The molecule has 0 spiro atoms. The highest BCUT2D eigenvalue weighted by Gasteiger charge is 2.15. The van der Waals surface area contributed by atoms with E-state index in [2.05, 4.69) is 0 Å². The van der Waals surface area contributed by atoms with Gasteiger partial charge < -0.3 is 0 Å². The first-order valence-electron chi connectivity index (χ1n) is 4.82. The van der Waals surface area contributed by atoms with Gasteiger partial charge in [-0.25, -0.2) is 4.39 Å². The van der Waals surface area contributed by atoms with Crippen molar-refractivity contribution < 1.29 is 8.60 Å². The fourth-order valence-electron chi connectivity index (χ4n) is 1.34. The van der Waals surface area contributed by atoms with Crippen LogP contribution in [0.15, 0.2) is 29.2 Å². The molecule has 0 fully saturated rings. The van der Waals surface area contributed by atoms with Gasteiger partial charge in [-0.05, 0) is 18.6 Å². The fraction of sp³-hybridized carbons (Fsp3) is 0.455. The highest BCUT2D eigenvalue weighted by molar-refractivity contribution is 7.85. The molecule has 0 bridgehead atoms. The zero-order valence-electron chi connectivity index (χ0n) is 8.50. The van der Waals surface area contributed by atoms with Crippen LogP contribution in [0.25, 0.3) is 0 Å². The molecule has 0 saturated carbocycles. The van der Waals surface area contributed by atoms with Crippen LogP contribution in [0.5, 0.6) is 0 Å². The molecule has 3 heteroatoms. The van der Waals surface area contributed by atoms with E-state index >= 15 is 0 Å². The number of hydrogen-bond donors (Lipinski definition) is 0. The fourth-order valence-corrected chi connectivity index (χ4v) is 2.69. The Morgan fingerprint density at radius 1 is 1.43 bits per heavy atom. The van der Waals surface area contributed by atoms with Crippen molar-refractivity contribution in [1.29, 1.82) is 0 Å². The Kier molecular flexibility index (Phi) is 4.26. The first kappa shape index (κ1) is 11.4. The third-order valence-electron chi connectivity index (χ3n) is 2.11. The molecule has 0 aromatic heterocycles. The number of rotatable bonds is 4. The van der Waals surface area contributed by atoms with Gasteiger partial charge >= 0.3 is 0 Å². The number of halogens is 1. The lowest BCUT2D eigenvalue weighted by molar-refractivity contribution is 0.592. The molecular weight excluding hydrogens is 199 g/mol. The standard InChI is InChI=1S/C11H15FOS/c1-3-6-9(2)14(13)11-8-5-4-7-10(11)12/h4-5,7-9H,3,6H2,1-2H3. The van der Waals surface area contributed by atoms with Gasteiger partial charge in [0.25, 0.3) is 0 Å². The molecule has 0 saturated heterocycles. The van der Waals surface area contributed by atoms with E-state index in [9.17, 15) is 8.60 Å². The van der Waals surface area contributed by atoms with E-state index in [1.54, 1.807) is 18.2 Å². The maximum atomic E-state index is 13.2. The predicted octanol–water partition coefficient (Wildman–Crippen LogP) is 3.12. The molecule has 1 rings (SSSR count). The van der Waals surface area contributed by atoms with E-state index in [1.807, 2.05) is 13.8 Å². The summed E-state index contributed by atoms with van der Waals surface area (Å²) >= 11 is 0. The normalized spacial score (nSPS) is 15.1. The highest BCUT2D eigenvalue weighted by Crippen LogP contribution is 2.17. The van der Waals surface area contributed by atoms with Gasteiger partial charge in [0.05, 0.1) is 15.7 Å². The van der Waals surface area contributed by atoms with E-state index < -0.39 is 10.8 Å². The second-order valence-electron chi connectivity index (χ2n) is 3.33. The van der Waals surface area contributed by atoms with Crippen LogP contribution in [0.2, 0.25) is 0 Å². The summed E-state index contributed by atoms with van der Waals surface area (Å²) in [7, 11) is -1.21. The van der Waals surface area contributed by atoms with Gasteiger partial charge in [0.2, 0.25) is 0 Å². The largest absolute Gasteiger partial charge is 0.254 e. The summed E-state index contributed by atoms with van der Waals surface area (Å²) < 4.78 is 25.1. The van der Waals surface area contributed by atoms with Gasteiger partial charge in [-0.1, -0.05) is 32.4 Å². The zero-order valence-corrected chi connectivity index (χ0v) is 9.31. The third-order valence-corrected chi connectivity index (χ3v) is 3.85. The average molecular weight is 214 g/mol. The van der Waals surface area contributed by atoms with Gasteiger partial charge in [-0.15, -0.1) is 0 Å². The maximum absolute atomic E-state index is 13.2. The van der Waals surface area contributed by atoms with Crippen molar-refractivity contribution in [2.24, 2.45) is 0 Å². The lowest BCUT2D eigenvalue weighted by Gasteiger charge is -2.10. The van der Waals surface area contributed by atoms with Gasteiger partial charge in [0.15, 0.2) is 0 Å². The molecule has 0 heterocycles. The third kappa shape index (κ3) is 2.64. The molecule has 1 nitrogen and oxygen atoms in total. The maximum Gasteiger partial charge on any atom is 0.139 e. The molecule has 0 radical (unpaired) electrons. The van der Waals surface area contributed by atoms with Gasteiger partial charge in [0, 0.05) is 5.25 Å². The van der Waals surface area contributed by atoms with Crippen LogP contribution >= 0.6 is 0 Å². The van der Waals surface area contributed by atoms with Crippen LogP contribution in [0.3, 0.4) is 0 Å². The molecule has 2 unspecified atom stereocenters. The van der Waals surface area contributed by atoms with Crippen LogP contribution < -0.4 is 0 Å². The molecular formula is C11H15FOS. The first-order chi connectivity index (χ1) is 6.66. The van der Waals surface area contributed by atoms with Crippen LogP contribution in [0.4, 0.5) is 4.39 Å². The Bertz CT molecular complexity index is 325. The van der Waals surface area contributed by atoms with Crippen molar-refractivity contribution in [3.63, 3.8) is 0 Å². The SMILES string of the molecule is CCCC(C)S(=O)c1ccccc1F. The van der Waals surface area contributed by atoms with Gasteiger partial charge in [0.1, 0.15) is 5.82 Å². The molecule has 0 aliphatic heterocycles. The topological polar surface area (TPSA) is 17.1 Å². The van der Waals surface area contributed by atoms with Crippen molar-refractivity contribution in [3.8, 4) is 0 Å². The summed E-state index contributed by atoms with van der Waals surface area (Å²) in [6.07, 6.45) is 1.84. The number of hydrogen-bond acceptors (Lipinski definition) is 1. The summed E-state index contributed by atoms with van der Waals surface area (Å²) in [6.45, 7) is 3.93. The lowest BCUT2D eigenvalue weighted by atomic mass is 10.3. The van der Waals surface area contributed by atoms with E-state index in [0.717, 1.165) is 12.8 Å².